The number of hydrogen-bond acceptors (Lipinski definition) is 3. The summed E-state index contributed by atoms with van der Waals surface area (Å²) in [6.07, 6.45) is 0. The Morgan fingerprint density at radius 1 is 0.933 bits per heavy atom. The molecular formula is C24H25N5O. The van der Waals surface area contributed by atoms with Crippen molar-refractivity contribution in [1.29, 1.82) is 0 Å². The van der Waals surface area contributed by atoms with E-state index in [1.54, 1.807) is 11.7 Å². The number of nitrogens with zero attached hydrogens (tertiary/aromatic N) is 4. The molecule has 0 bridgehead atoms. The summed E-state index contributed by atoms with van der Waals surface area (Å²) in [5, 5.41) is 12.1. The van der Waals surface area contributed by atoms with Crippen LogP contribution in [0.2, 0.25) is 0 Å². The Morgan fingerprint density at radius 2 is 1.57 bits per heavy atom. The minimum absolute atomic E-state index is 0.142. The maximum Gasteiger partial charge on any atom is 0.269 e. The van der Waals surface area contributed by atoms with E-state index < -0.39 is 0 Å². The highest BCUT2D eigenvalue weighted by Gasteiger charge is 2.16. The zero-order chi connectivity index (χ0) is 21.1. The van der Waals surface area contributed by atoms with Crippen LogP contribution in [0.25, 0.3) is 22.4 Å². The van der Waals surface area contributed by atoms with Gasteiger partial charge in [0.1, 0.15) is 5.69 Å². The summed E-state index contributed by atoms with van der Waals surface area (Å²) in [4.78, 5) is 12.7. The molecule has 0 radical (unpaired) electrons. The van der Waals surface area contributed by atoms with Gasteiger partial charge in [-0.25, -0.2) is 0 Å². The van der Waals surface area contributed by atoms with Gasteiger partial charge in [0.05, 0.1) is 17.9 Å². The standard InChI is InChI=1S/C24H25N5O/c1-17-23(20-12-8-5-9-13-20)18(2)29(26-17)15-14-25-24(30)22-16-21(27-28(22)3)19-10-6-4-7-11-19/h4-13,16H,14-15H2,1-3H3,(H,25,30). The molecule has 6 nitrogen and oxygen atoms in total. The Hall–Kier alpha value is -3.67. The number of benzene rings is 2. The first kappa shape index (κ1) is 19.6. The SMILES string of the molecule is Cc1nn(CCNC(=O)c2cc(-c3ccccc3)nn2C)c(C)c1-c1ccccc1. The lowest BCUT2D eigenvalue weighted by atomic mass is 10.0. The maximum atomic E-state index is 12.7. The van der Waals surface area contributed by atoms with Gasteiger partial charge in [-0.3, -0.25) is 14.2 Å². The number of aromatic nitrogens is 4. The summed E-state index contributed by atoms with van der Waals surface area (Å²) in [6, 6.07) is 21.9. The molecule has 0 fully saturated rings. The van der Waals surface area contributed by atoms with E-state index in [2.05, 4.69) is 34.6 Å². The zero-order valence-corrected chi connectivity index (χ0v) is 17.5. The van der Waals surface area contributed by atoms with Crippen LogP contribution in [0.1, 0.15) is 21.9 Å². The summed E-state index contributed by atoms with van der Waals surface area (Å²) in [7, 11) is 1.79. The Morgan fingerprint density at radius 3 is 2.23 bits per heavy atom. The zero-order valence-electron chi connectivity index (χ0n) is 17.5. The number of rotatable bonds is 6. The Kier molecular flexibility index (Phi) is 5.48. The van der Waals surface area contributed by atoms with Gasteiger partial charge in [0.25, 0.3) is 5.91 Å². The van der Waals surface area contributed by atoms with Crippen LogP contribution >= 0.6 is 0 Å². The molecule has 2 aromatic carbocycles. The van der Waals surface area contributed by atoms with Crippen molar-refractivity contribution in [2.75, 3.05) is 6.54 Å². The second kappa shape index (κ2) is 8.37. The van der Waals surface area contributed by atoms with Crippen molar-refractivity contribution in [1.82, 2.24) is 24.9 Å². The smallest absolute Gasteiger partial charge is 0.269 e. The van der Waals surface area contributed by atoms with Crippen molar-refractivity contribution < 1.29 is 4.79 Å². The molecule has 0 aliphatic carbocycles. The Bertz CT molecular complexity index is 1160. The van der Waals surface area contributed by atoms with Gasteiger partial charge >= 0.3 is 0 Å². The van der Waals surface area contributed by atoms with Crippen LogP contribution in [0.15, 0.2) is 66.7 Å². The van der Waals surface area contributed by atoms with Crippen molar-refractivity contribution in [3.8, 4) is 22.4 Å². The van der Waals surface area contributed by atoms with E-state index in [1.165, 1.54) is 0 Å². The molecule has 4 rings (SSSR count). The summed E-state index contributed by atoms with van der Waals surface area (Å²) < 4.78 is 3.57. The largest absolute Gasteiger partial charge is 0.349 e. The fraction of sp³-hybridized carbons (Fsp3) is 0.208. The van der Waals surface area contributed by atoms with Gasteiger partial charge in [-0.1, -0.05) is 60.7 Å². The van der Waals surface area contributed by atoms with E-state index in [0.29, 0.717) is 18.8 Å². The van der Waals surface area contributed by atoms with Crippen LogP contribution in [-0.4, -0.2) is 32.0 Å². The number of aryl methyl sites for hydroxylation is 2. The normalized spacial score (nSPS) is 10.9. The molecule has 152 valence electrons. The average molecular weight is 399 g/mol. The van der Waals surface area contributed by atoms with E-state index in [9.17, 15) is 4.79 Å². The van der Waals surface area contributed by atoms with Crippen LogP contribution in [-0.2, 0) is 13.6 Å². The van der Waals surface area contributed by atoms with Crippen LogP contribution in [0.3, 0.4) is 0 Å². The number of carbonyl (C=O) groups excluding carboxylic acids is 1. The van der Waals surface area contributed by atoms with Crippen LogP contribution < -0.4 is 5.32 Å². The third-order valence-electron chi connectivity index (χ3n) is 5.24. The molecule has 0 unspecified atom stereocenters. The van der Waals surface area contributed by atoms with Crippen LogP contribution in [0, 0.1) is 13.8 Å². The molecule has 2 aromatic heterocycles. The van der Waals surface area contributed by atoms with Crippen molar-refractivity contribution in [3.05, 3.63) is 83.8 Å². The molecular weight excluding hydrogens is 374 g/mol. The lowest BCUT2D eigenvalue weighted by Crippen LogP contribution is -2.29. The molecule has 0 saturated carbocycles. The molecule has 6 heteroatoms. The molecule has 0 aliphatic rings. The number of hydrogen-bond donors (Lipinski definition) is 1. The minimum atomic E-state index is -0.142. The molecule has 0 atom stereocenters. The second-order valence-electron chi connectivity index (χ2n) is 7.30. The average Bonchev–Trinajstić information content (AvgIpc) is 3.28. The first-order valence-corrected chi connectivity index (χ1v) is 10.0. The molecule has 0 spiro atoms. The predicted octanol–water partition coefficient (Wildman–Crippen LogP) is 4.00. The van der Waals surface area contributed by atoms with Gasteiger partial charge in [0.2, 0.25) is 0 Å². The summed E-state index contributed by atoms with van der Waals surface area (Å²) >= 11 is 0. The highest BCUT2D eigenvalue weighted by atomic mass is 16.2. The minimum Gasteiger partial charge on any atom is -0.349 e. The molecule has 1 amide bonds. The lowest BCUT2D eigenvalue weighted by molar-refractivity contribution is 0.0942. The third kappa shape index (κ3) is 3.89. The van der Waals surface area contributed by atoms with E-state index >= 15 is 0 Å². The molecule has 4 aromatic rings. The van der Waals surface area contributed by atoms with Gasteiger partial charge in [-0.2, -0.15) is 10.2 Å². The Labute approximate surface area is 176 Å². The van der Waals surface area contributed by atoms with Gasteiger partial charge in [0.15, 0.2) is 0 Å². The topological polar surface area (TPSA) is 64.7 Å². The summed E-state index contributed by atoms with van der Waals surface area (Å²) in [5.41, 5.74) is 6.71. The van der Waals surface area contributed by atoms with Gasteiger partial charge in [-0.15, -0.1) is 0 Å². The first-order chi connectivity index (χ1) is 14.5. The number of carbonyl (C=O) groups is 1. The van der Waals surface area contributed by atoms with E-state index in [-0.39, 0.29) is 5.91 Å². The van der Waals surface area contributed by atoms with E-state index in [4.69, 9.17) is 0 Å². The lowest BCUT2D eigenvalue weighted by Gasteiger charge is -2.08. The van der Waals surface area contributed by atoms with Gasteiger partial charge in [-0.05, 0) is 25.5 Å². The molecule has 1 N–H and O–H groups in total. The van der Waals surface area contributed by atoms with Crippen molar-refractivity contribution >= 4 is 5.91 Å². The third-order valence-corrected chi connectivity index (χ3v) is 5.24. The van der Waals surface area contributed by atoms with Gasteiger partial charge < -0.3 is 5.32 Å². The van der Waals surface area contributed by atoms with Crippen LogP contribution in [0.5, 0.6) is 0 Å². The van der Waals surface area contributed by atoms with Crippen molar-refractivity contribution in [3.63, 3.8) is 0 Å². The van der Waals surface area contributed by atoms with Crippen molar-refractivity contribution in [2.45, 2.75) is 20.4 Å². The second-order valence-corrected chi connectivity index (χ2v) is 7.30. The fourth-order valence-electron chi connectivity index (χ4n) is 3.73. The van der Waals surface area contributed by atoms with Crippen molar-refractivity contribution in [2.24, 2.45) is 7.05 Å². The first-order valence-electron chi connectivity index (χ1n) is 10.0. The number of nitrogens with one attached hydrogen (secondary N) is 1. The highest BCUT2D eigenvalue weighted by molar-refractivity contribution is 5.93. The van der Waals surface area contributed by atoms with Gasteiger partial charge in [0, 0.05) is 30.4 Å². The molecule has 0 aliphatic heterocycles. The monoisotopic (exact) mass is 399 g/mol. The van der Waals surface area contributed by atoms with Crippen LogP contribution in [0.4, 0.5) is 0 Å². The van der Waals surface area contributed by atoms with E-state index in [1.807, 2.05) is 66.2 Å². The molecule has 30 heavy (non-hydrogen) atoms. The van der Waals surface area contributed by atoms with E-state index in [0.717, 1.165) is 33.8 Å². The fourth-order valence-corrected chi connectivity index (χ4v) is 3.73. The number of amides is 1. The maximum absolute atomic E-state index is 12.7. The molecule has 2 heterocycles. The predicted molar refractivity (Wildman–Crippen MR) is 118 cm³/mol. The summed E-state index contributed by atoms with van der Waals surface area (Å²) in [6.45, 7) is 5.18. The highest BCUT2D eigenvalue weighted by Crippen LogP contribution is 2.26. The quantitative estimate of drug-likeness (QED) is 0.533. The summed E-state index contributed by atoms with van der Waals surface area (Å²) in [5.74, 6) is -0.142. The molecule has 0 saturated heterocycles. The Balaban J connectivity index is 1.43.